The molecule has 1 aliphatic carbocycles. The molecule has 0 unspecified atom stereocenters. The number of nitrogens with zero attached hydrogens (tertiary/aromatic N) is 1. The highest BCUT2D eigenvalue weighted by Gasteiger charge is 2.58. The van der Waals surface area contributed by atoms with Gasteiger partial charge in [-0.3, -0.25) is 0 Å². The smallest absolute Gasteiger partial charge is 0.216 e. The van der Waals surface area contributed by atoms with Crippen LogP contribution in [0.3, 0.4) is 0 Å². The Labute approximate surface area is 105 Å². The first kappa shape index (κ1) is 11.9. The minimum atomic E-state index is 0.254. The number of nitrogens with two attached hydrogens (primary N) is 1. The van der Waals surface area contributed by atoms with Crippen LogP contribution in [0.1, 0.15) is 25.3 Å². The van der Waals surface area contributed by atoms with E-state index in [1.807, 2.05) is 0 Å². The molecule has 0 bridgehead atoms. The summed E-state index contributed by atoms with van der Waals surface area (Å²) in [6.45, 7) is 5.21. The summed E-state index contributed by atoms with van der Waals surface area (Å²) < 4.78 is 6.30. The van der Waals surface area contributed by atoms with Gasteiger partial charge in [0.2, 0.25) is 5.88 Å². The zero-order chi connectivity index (χ0) is 11.9. The number of hydrogen-bond acceptors (Lipinski definition) is 3. The number of methoxy groups -OCH3 is 1. The van der Waals surface area contributed by atoms with Crippen molar-refractivity contribution in [3.8, 4) is 5.88 Å². The maximum atomic E-state index is 5.79. The fourth-order valence-corrected chi connectivity index (χ4v) is 2.99. The van der Waals surface area contributed by atoms with Gasteiger partial charge < -0.3 is 10.5 Å². The molecule has 1 aromatic rings. The second-order valence-corrected chi connectivity index (χ2v) is 5.81. The van der Waals surface area contributed by atoms with Gasteiger partial charge in [0.25, 0.3) is 0 Å². The zero-order valence-electron chi connectivity index (χ0n) is 9.83. The first-order valence-electron chi connectivity index (χ1n) is 5.42. The Morgan fingerprint density at radius 3 is 2.75 bits per heavy atom. The van der Waals surface area contributed by atoms with Gasteiger partial charge in [-0.05, 0) is 45.8 Å². The minimum absolute atomic E-state index is 0.254. The summed E-state index contributed by atoms with van der Waals surface area (Å²) in [6.07, 6.45) is 1.76. The molecule has 1 aromatic heterocycles. The van der Waals surface area contributed by atoms with Crippen molar-refractivity contribution in [1.29, 1.82) is 0 Å². The Balaban J connectivity index is 2.38. The number of hydrogen-bond donors (Lipinski definition) is 1. The minimum Gasteiger partial charge on any atom is -0.481 e. The van der Waals surface area contributed by atoms with E-state index in [2.05, 4.69) is 40.8 Å². The molecule has 3 nitrogen and oxygen atoms in total. The maximum Gasteiger partial charge on any atom is 0.216 e. The van der Waals surface area contributed by atoms with Crippen molar-refractivity contribution >= 4 is 15.9 Å². The number of aromatic nitrogens is 1. The predicted molar refractivity (Wildman–Crippen MR) is 67.6 cm³/mol. The predicted octanol–water partition coefficient (Wildman–Crippen LogP) is 2.55. The van der Waals surface area contributed by atoms with Crippen LogP contribution in [-0.4, -0.2) is 18.6 Å². The van der Waals surface area contributed by atoms with Crippen molar-refractivity contribution in [2.45, 2.75) is 19.8 Å². The molecule has 0 radical (unpaired) electrons. The van der Waals surface area contributed by atoms with Crippen molar-refractivity contribution in [2.75, 3.05) is 13.7 Å². The van der Waals surface area contributed by atoms with Gasteiger partial charge in [0, 0.05) is 16.2 Å². The fourth-order valence-electron chi connectivity index (χ4n) is 2.64. The summed E-state index contributed by atoms with van der Waals surface area (Å²) >= 11 is 3.45. The van der Waals surface area contributed by atoms with Gasteiger partial charge in [-0.1, -0.05) is 13.8 Å². The van der Waals surface area contributed by atoms with Crippen LogP contribution in [0, 0.1) is 11.3 Å². The normalized spacial score (nSPS) is 26.6. The Hall–Kier alpha value is -0.610. The molecule has 0 amide bonds. The topological polar surface area (TPSA) is 48.1 Å². The van der Waals surface area contributed by atoms with Crippen molar-refractivity contribution in [3.05, 3.63) is 22.3 Å². The number of ether oxygens (including phenoxy) is 1. The molecule has 0 saturated heterocycles. The van der Waals surface area contributed by atoms with E-state index in [-0.39, 0.29) is 5.41 Å². The van der Waals surface area contributed by atoms with E-state index in [4.69, 9.17) is 10.5 Å². The molecule has 16 heavy (non-hydrogen) atoms. The van der Waals surface area contributed by atoms with Gasteiger partial charge in [-0.2, -0.15) is 0 Å². The van der Waals surface area contributed by atoms with Crippen LogP contribution in [0.4, 0.5) is 0 Å². The molecule has 0 spiro atoms. The summed E-state index contributed by atoms with van der Waals surface area (Å²) in [5.41, 5.74) is 7.21. The molecule has 2 atom stereocenters. The lowest BCUT2D eigenvalue weighted by atomic mass is 10.0. The highest BCUT2D eigenvalue weighted by Crippen LogP contribution is 2.65. The molecule has 2 rings (SSSR count). The molecule has 0 aliphatic heterocycles. The van der Waals surface area contributed by atoms with Crippen molar-refractivity contribution in [3.63, 3.8) is 0 Å². The van der Waals surface area contributed by atoms with Crippen LogP contribution in [0.5, 0.6) is 5.88 Å². The molecule has 1 saturated carbocycles. The highest BCUT2D eigenvalue weighted by atomic mass is 79.9. The Kier molecular flexibility index (Phi) is 2.97. The van der Waals surface area contributed by atoms with Gasteiger partial charge in [0.15, 0.2) is 0 Å². The van der Waals surface area contributed by atoms with Crippen molar-refractivity contribution < 1.29 is 4.74 Å². The third-order valence-electron chi connectivity index (χ3n) is 3.68. The molecule has 1 fully saturated rings. The average Bonchev–Trinajstić information content (AvgIpc) is 2.80. The number of pyridine rings is 1. The summed E-state index contributed by atoms with van der Waals surface area (Å²) in [4.78, 5) is 4.28. The first-order valence-corrected chi connectivity index (χ1v) is 6.21. The van der Waals surface area contributed by atoms with Gasteiger partial charge in [0.05, 0.1) is 7.11 Å². The van der Waals surface area contributed by atoms with Crippen LogP contribution in [0.2, 0.25) is 0 Å². The van der Waals surface area contributed by atoms with E-state index in [9.17, 15) is 0 Å². The first-order chi connectivity index (χ1) is 7.52. The van der Waals surface area contributed by atoms with E-state index < -0.39 is 0 Å². The van der Waals surface area contributed by atoms with Crippen molar-refractivity contribution in [2.24, 2.45) is 17.1 Å². The Morgan fingerprint density at radius 2 is 2.25 bits per heavy atom. The third-order valence-corrected chi connectivity index (χ3v) is 4.11. The largest absolute Gasteiger partial charge is 0.481 e. The van der Waals surface area contributed by atoms with Gasteiger partial charge >= 0.3 is 0 Å². The second kappa shape index (κ2) is 4.00. The highest BCUT2D eigenvalue weighted by molar-refractivity contribution is 9.10. The number of rotatable bonds is 3. The zero-order valence-corrected chi connectivity index (χ0v) is 11.4. The molecular weight excluding hydrogens is 268 g/mol. The monoisotopic (exact) mass is 284 g/mol. The third kappa shape index (κ3) is 1.74. The summed E-state index contributed by atoms with van der Waals surface area (Å²) in [5.74, 6) is 1.70. The van der Waals surface area contributed by atoms with Crippen LogP contribution in [0.25, 0.3) is 0 Å². The van der Waals surface area contributed by atoms with Crippen LogP contribution < -0.4 is 10.5 Å². The lowest BCUT2D eigenvalue weighted by molar-refractivity contribution is 0.390. The van der Waals surface area contributed by atoms with Crippen LogP contribution in [-0.2, 0) is 0 Å². The Morgan fingerprint density at radius 1 is 1.56 bits per heavy atom. The van der Waals surface area contributed by atoms with E-state index >= 15 is 0 Å². The fraction of sp³-hybridized carbons (Fsp3) is 0.583. The van der Waals surface area contributed by atoms with E-state index in [1.54, 1.807) is 13.3 Å². The van der Waals surface area contributed by atoms with Crippen LogP contribution in [0.15, 0.2) is 16.7 Å². The number of halogens is 1. The van der Waals surface area contributed by atoms with Crippen LogP contribution >= 0.6 is 15.9 Å². The van der Waals surface area contributed by atoms with Gasteiger partial charge in [-0.25, -0.2) is 4.98 Å². The lowest BCUT2D eigenvalue weighted by Gasteiger charge is -2.08. The quantitative estimate of drug-likeness (QED) is 0.928. The molecule has 88 valence electrons. The average molecular weight is 285 g/mol. The molecule has 0 aromatic carbocycles. The van der Waals surface area contributed by atoms with Gasteiger partial charge in [-0.15, -0.1) is 0 Å². The Bertz CT molecular complexity index is 406. The summed E-state index contributed by atoms with van der Waals surface area (Å²) in [5, 5.41) is 0. The summed E-state index contributed by atoms with van der Waals surface area (Å²) in [6, 6.07) is 2.09. The van der Waals surface area contributed by atoms with Gasteiger partial charge in [0.1, 0.15) is 0 Å². The lowest BCUT2D eigenvalue weighted by Crippen LogP contribution is -2.05. The summed E-state index contributed by atoms with van der Waals surface area (Å²) in [7, 11) is 1.66. The van der Waals surface area contributed by atoms with E-state index in [0.29, 0.717) is 18.4 Å². The van der Waals surface area contributed by atoms with E-state index in [0.717, 1.165) is 15.9 Å². The molecule has 4 heteroatoms. The second-order valence-electron chi connectivity index (χ2n) is 4.89. The molecule has 1 aliphatic rings. The van der Waals surface area contributed by atoms with E-state index in [1.165, 1.54) is 0 Å². The van der Waals surface area contributed by atoms with Crippen molar-refractivity contribution in [1.82, 2.24) is 4.98 Å². The standard InChI is InChI=1S/C12H17BrN2O/c1-12(2)9(5-14)10(12)8-4-7(13)6-15-11(8)16-3/h4,6,9-10H,5,14H2,1-3H3/t9-,10-/m1/s1. The SMILES string of the molecule is COc1ncc(Br)cc1[C@@H]1[C@@H](CN)C1(C)C. The maximum absolute atomic E-state index is 5.79. The molecule has 1 heterocycles. The molecular formula is C12H17BrN2O. The molecule has 2 N–H and O–H groups in total.